The maximum atomic E-state index is 11.7. The molecule has 0 aromatic carbocycles. The zero-order valence-corrected chi connectivity index (χ0v) is 8.64. The molecule has 0 spiro atoms. The number of hydrogen-bond donors (Lipinski definition) is 2. The van der Waals surface area contributed by atoms with Crippen molar-refractivity contribution < 1.29 is 9.59 Å². The average Bonchev–Trinajstić information content (AvgIpc) is 2.01. The molecule has 3 N–H and O–H groups in total. The minimum absolute atomic E-state index is 0.176. The summed E-state index contributed by atoms with van der Waals surface area (Å²) in [7, 11) is 0. The Kier molecular flexibility index (Phi) is 3.49. The van der Waals surface area contributed by atoms with Gasteiger partial charge in [0.1, 0.15) is 5.41 Å². The average molecular weight is 198 g/mol. The van der Waals surface area contributed by atoms with Gasteiger partial charge in [0.25, 0.3) is 0 Å². The summed E-state index contributed by atoms with van der Waals surface area (Å²) in [6.07, 6.45) is 4.12. The quantitative estimate of drug-likeness (QED) is 0.500. The molecule has 0 bridgehead atoms. The van der Waals surface area contributed by atoms with Crippen molar-refractivity contribution in [2.24, 2.45) is 11.1 Å². The van der Waals surface area contributed by atoms with E-state index in [0.717, 1.165) is 19.3 Å². The van der Waals surface area contributed by atoms with Crippen LogP contribution in [-0.4, -0.2) is 18.4 Å². The second-order valence-electron chi connectivity index (χ2n) is 3.91. The number of unbranched alkanes of at least 4 members (excludes halogenated alkanes) is 1. The summed E-state index contributed by atoms with van der Waals surface area (Å²) < 4.78 is 0. The maximum Gasteiger partial charge on any atom is 0.235 e. The first-order chi connectivity index (χ1) is 6.63. The lowest BCUT2D eigenvalue weighted by molar-refractivity contribution is -0.147. The fourth-order valence-corrected chi connectivity index (χ4v) is 1.66. The van der Waals surface area contributed by atoms with Crippen LogP contribution in [0.4, 0.5) is 0 Å². The van der Waals surface area contributed by atoms with Crippen LogP contribution < -0.4 is 11.1 Å². The van der Waals surface area contributed by atoms with Crippen molar-refractivity contribution in [1.82, 2.24) is 5.32 Å². The highest BCUT2D eigenvalue weighted by atomic mass is 16.2. The standard InChI is InChI=1S/C10H18N2O2/c1-2-3-7-12-9(14)10(8(11)13)5-4-6-10/h2-7H2,1H3,(H2,11,13)(H,12,14). The van der Waals surface area contributed by atoms with Crippen LogP contribution in [0.1, 0.15) is 39.0 Å². The van der Waals surface area contributed by atoms with E-state index < -0.39 is 11.3 Å². The van der Waals surface area contributed by atoms with E-state index in [2.05, 4.69) is 12.2 Å². The van der Waals surface area contributed by atoms with Crippen LogP contribution in [0.15, 0.2) is 0 Å². The number of primary amides is 1. The molecule has 0 atom stereocenters. The monoisotopic (exact) mass is 198 g/mol. The third-order valence-corrected chi connectivity index (χ3v) is 2.93. The molecule has 4 nitrogen and oxygen atoms in total. The zero-order valence-electron chi connectivity index (χ0n) is 8.64. The van der Waals surface area contributed by atoms with Gasteiger partial charge in [0.15, 0.2) is 0 Å². The van der Waals surface area contributed by atoms with Gasteiger partial charge in [-0.1, -0.05) is 19.8 Å². The molecule has 2 amide bonds. The van der Waals surface area contributed by atoms with Crippen molar-refractivity contribution in [1.29, 1.82) is 0 Å². The molecule has 1 aliphatic carbocycles. The van der Waals surface area contributed by atoms with E-state index in [1.54, 1.807) is 0 Å². The van der Waals surface area contributed by atoms with Crippen molar-refractivity contribution in [3.8, 4) is 0 Å². The molecule has 0 heterocycles. The largest absolute Gasteiger partial charge is 0.369 e. The van der Waals surface area contributed by atoms with Crippen molar-refractivity contribution in [2.45, 2.75) is 39.0 Å². The summed E-state index contributed by atoms with van der Waals surface area (Å²) >= 11 is 0. The Morgan fingerprint density at radius 1 is 1.43 bits per heavy atom. The highest BCUT2D eigenvalue weighted by Gasteiger charge is 2.49. The van der Waals surface area contributed by atoms with E-state index in [-0.39, 0.29) is 5.91 Å². The number of carbonyl (C=O) groups excluding carboxylic acids is 2. The molecule has 0 aliphatic heterocycles. The molecule has 0 aromatic rings. The van der Waals surface area contributed by atoms with Gasteiger partial charge in [0, 0.05) is 6.54 Å². The van der Waals surface area contributed by atoms with Crippen molar-refractivity contribution in [3.63, 3.8) is 0 Å². The van der Waals surface area contributed by atoms with Gasteiger partial charge in [0.05, 0.1) is 0 Å². The molecule has 80 valence electrons. The molecule has 0 aromatic heterocycles. The van der Waals surface area contributed by atoms with Crippen LogP contribution in [0.25, 0.3) is 0 Å². The van der Waals surface area contributed by atoms with Crippen LogP contribution in [0, 0.1) is 5.41 Å². The number of rotatable bonds is 5. The molecule has 0 unspecified atom stereocenters. The van der Waals surface area contributed by atoms with Crippen LogP contribution in [0.5, 0.6) is 0 Å². The van der Waals surface area contributed by atoms with Gasteiger partial charge < -0.3 is 11.1 Å². The number of nitrogens with one attached hydrogen (secondary N) is 1. The topological polar surface area (TPSA) is 72.2 Å². The highest BCUT2D eigenvalue weighted by molar-refractivity contribution is 6.05. The van der Waals surface area contributed by atoms with E-state index in [1.807, 2.05) is 0 Å². The third-order valence-electron chi connectivity index (χ3n) is 2.93. The highest BCUT2D eigenvalue weighted by Crippen LogP contribution is 2.40. The van der Waals surface area contributed by atoms with E-state index in [9.17, 15) is 9.59 Å². The smallest absolute Gasteiger partial charge is 0.235 e. The predicted molar refractivity (Wildman–Crippen MR) is 53.4 cm³/mol. The van der Waals surface area contributed by atoms with Crippen molar-refractivity contribution >= 4 is 11.8 Å². The molecule has 1 rings (SSSR count). The molecule has 4 heteroatoms. The number of carbonyl (C=O) groups is 2. The van der Waals surface area contributed by atoms with Gasteiger partial charge in [-0.05, 0) is 19.3 Å². The summed E-state index contributed by atoms with van der Waals surface area (Å²) in [5, 5.41) is 2.77. The minimum Gasteiger partial charge on any atom is -0.369 e. The molecular formula is C10H18N2O2. The van der Waals surface area contributed by atoms with Crippen LogP contribution in [0.3, 0.4) is 0 Å². The molecular weight excluding hydrogens is 180 g/mol. The van der Waals surface area contributed by atoms with E-state index in [0.29, 0.717) is 19.4 Å². The minimum atomic E-state index is -0.881. The lowest BCUT2D eigenvalue weighted by Crippen LogP contribution is -2.54. The summed E-state index contributed by atoms with van der Waals surface area (Å²) in [5.74, 6) is -0.651. The molecule has 0 saturated heterocycles. The Morgan fingerprint density at radius 2 is 2.07 bits per heavy atom. The van der Waals surface area contributed by atoms with E-state index in [4.69, 9.17) is 5.73 Å². The summed E-state index contributed by atoms with van der Waals surface area (Å²) in [6, 6.07) is 0. The Morgan fingerprint density at radius 3 is 2.43 bits per heavy atom. The number of hydrogen-bond acceptors (Lipinski definition) is 2. The predicted octanol–water partition coefficient (Wildman–Crippen LogP) is 0.558. The zero-order chi connectivity index (χ0) is 10.6. The Balaban J connectivity index is 2.45. The number of amides is 2. The van der Waals surface area contributed by atoms with Crippen molar-refractivity contribution in [3.05, 3.63) is 0 Å². The normalized spacial score (nSPS) is 18.4. The van der Waals surface area contributed by atoms with Gasteiger partial charge in [-0.2, -0.15) is 0 Å². The molecule has 0 radical (unpaired) electrons. The van der Waals surface area contributed by atoms with Crippen LogP contribution in [0.2, 0.25) is 0 Å². The Bertz CT molecular complexity index is 234. The molecule has 1 fully saturated rings. The van der Waals surface area contributed by atoms with Crippen LogP contribution in [-0.2, 0) is 9.59 Å². The van der Waals surface area contributed by atoms with Gasteiger partial charge in [0.2, 0.25) is 11.8 Å². The first kappa shape index (κ1) is 11.0. The lowest BCUT2D eigenvalue weighted by atomic mass is 9.67. The molecule has 14 heavy (non-hydrogen) atoms. The van der Waals surface area contributed by atoms with Crippen molar-refractivity contribution in [2.75, 3.05) is 6.54 Å². The Hall–Kier alpha value is -1.06. The number of nitrogens with two attached hydrogens (primary N) is 1. The third kappa shape index (κ3) is 1.89. The fraction of sp³-hybridized carbons (Fsp3) is 0.800. The van der Waals surface area contributed by atoms with Crippen LogP contribution >= 0.6 is 0 Å². The Labute approximate surface area is 84.2 Å². The first-order valence-electron chi connectivity index (χ1n) is 5.21. The summed E-state index contributed by atoms with van der Waals surface area (Å²) in [5.41, 5.74) is 4.36. The van der Waals surface area contributed by atoms with Gasteiger partial charge in [-0.15, -0.1) is 0 Å². The maximum absolute atomic E-state index is 11.7. The van der Waals surface area contributed by atoms with E-state index >= 15 is 0 Å². The van der Waals surface area contributed by atoms with Gasteiger partial charge in [-0.3, -0.25) is 9.59 Å². The lowest BCUT2D eigenvalue weighted by Gasteiger charge is -2.36. The SMILES string of the molecule is CCCCNC(=O)C1(C(N)=O)CCC1. The fourth-order valence-electron chi connectivity index (χ4n) is 1.66. The molecule has 1 aliphatic rings. The second-order valence-corrected chi connectivity index (χ2v) is 3.91. The summed E-state index contributed by atoms with van der Waals surface area (Å²) in [6.45, 7) is 2.70. The first-order valence-corrected chi connectivity index (χ1v) is 5.21. The van der Waals surface area contributed by atoms with Gasteiger partial charge >= 0.3 is 0 Å². The van der Waals surface area contributed by atoms with E-state index in [1.165, 1.54) is 0 Å². The van der Waals surface area contributed by atoms with Gasteiger partial charge in [-0.25, -0.2) is 0 Å². The molecule has 1 saturated carbocycles. The summed E-state index contributed by atoms with van der Waals surface area (Å²) in [4.78, 5) is 22.8. The second kappa shape index (κ2) is 4.44.